The number of fused-ring (bicyclic) bond motifs is 1. The minimum absolute atomic E-state index is 0.118. The SMILES string of the molecule is Cc1cc(Oc2cccc(S(C)(=O)=O)c2)ccc1-n1cnc2c(C(F)(F)F)cccc21. The molecule has 31 heavy (non-hydrogen) atoms. The van der Waals surface area contributed by atoms with Gasteiger partial charge < -0.3 is 4.74 Å². The zero-order valence-corrected chi connectivity index (χ0v) is 17.3. The van der Waals surface area contributed by atoms with E-state index < -0.39 is 21.6 Å². The van der Waals surface area contributed by atoms with Crippen LogP contribution >= 0.6 is 0 Å². The van der Waals surface area contributed by atoms with E-state index in [1.54, 1.807) is 47.9 Å². The van der Waals surface area contributed by atoms with Gasteiger partial charge in [0.05, 0.1) is 21.7 Å². The number of aromatic nitrogens is 2. The van der Waals surface area contributed by atoms with Crippen molar-refractivity contribution in [2.45, 2.75) is 18.0 Å². The molecule has 4 rings (SSSR count). The Morgan fingerprint density at radius 1 is 0.968 bits per heavy atom. The fraction of sp³-hybridized carbons (Fsp3) is 0.136. The summed E-state index contributed by atoms with van der Waals surface area (Å²) in [6.07, 6.45) is -2.02. The summed E-state index contributed by atoms with van der Waals surface area (Å²) in [6, 6.07) is 15.2. The highest BCUT2D eigenvalue weighted by molar-refractivity contribution is 7.90. The van der Waals surface area contributed by atoms with Crippen molar-refractivity contribution in [1.29, 1.82) is 0 Å². The fourth-order valence-electron chi connectivity index (χ4n) is 3.33. The molecule has 0 amide bonds. The maximum absolute atomic E-state index is 13.3. The molecular weight excluding hydrogens is 429 g/mol. The molecule has 0 saturated carbocycles. The molecule has 0 radical (unpaired) electrons. The zero-order valence-electron chi connectivity index (χ0n) is 16.5. The van der Waals surface area contributed by atoms with Crippen molar-refractivity contribution < 1.29 is 26.3 Å². The van der Waals surface area contributed by atoms with E-state index in [-0.39, 0.29) is 10.4 Å². The van der Waals surface area contributed by atoms with Crippen LogP contribution in [0.2, 0.25) is 0 Å². The van der Waals surface area contributed by atoms with Crippen LogP contribution in [0.1, 0.15) is 11.1 Å². The first-order valence-electron chi connectivity index (χ1n) is 9.16. The Labute approximate surface area is 176 Å². The molecule has 0 aliphatic carbocycles. The number of ether oxygens (including phenoxy) is 1. The summed E-state index contributed by atoms with van der Waals surface area (Å²) >= 11 is 0. The van der Waals surface area contributed by atoms with Gasteiger partial charge in [-0.3, -0.25) is 4.57 Å². The normalized spacial score (nSPS) is 12.3. The number of alkyl halides is 3. The summed E-state index contributed by atoms with van der Waals surface area (Å²) in [4.78, 5) is 4.12. The van der Waals surface area contributed by atoms with Crippen molar-refractivity contribution in [2.75, 3.05) is 6.26 Å². The van der Waals surface area contributed by atoms with Crippen molar-refractivity contribution in [3.8, 4) is 17.2 Å². The van der Waals surface area contributed by atoms with Crippen molar-refractivity contribution in [2.24, 2.45) is 0 Å². The van der Waals surface area contributed by atoms with Crippen LogP contribution in [-0.2, 0) is 16.0 Å². The number of nitrogens with zero attached hydrogens (tertiary/aromatic N) is 2. The minimum Gasteiger partial charge on any atom is -0.457 e. The molecule has 0 aliphatic rings. The van der Waals surface area contributed by atoms with Gasteiger partial charge in [-0.15, -0.1) is 0 Å². The molecule has 0 atom stereocenters. The van der Waals surface area contributed by atoms with Gasteiger partial charge >= 0.3 is 6.18 Å². The Hall–Kier alpha value is -3.33. The van der Waals surface area contributed by atoms with E-state index in [1.807, 2.05) is 0 Å². The van der Waals surface area contributed by atoms with Crippen molar-refractivity contribution >= 4 is 20.9 Å². The van der Waals surface area contributed by atoms with Gasteiger partial charge in [-0.05, 0) is 61.0 Å². The summed E-state index contributed by atoms with van der Waals surface area (Å²) in [7, 11) is -3.37. The first kappa shape index (κ1) is 20.9. The van der Waals surface area contributed by atoms with Gasteiger partial charge in [0.25, 0.3) is 0 Å². The molecule has 160 valence electrons. The predicted molar refractivity (Wildman–Crippen MR) is 110 cm³/mol. The number of imidazole rings is 1. The Kier molecular flexibility index (Phi) is 5.01. The van der Waals surface area contributed by atoms with Crippen LogP contribution in [0.5, 0.6) is 11.5 Å². The molecule has 1 heterocycles. The van der Waals surface area contributed by atoms with Crippen molar-refractivity contribution in [1.82, 2.24) is 9.55 Å². The molecule has 0 unspecified atom stereocenters. The van der Waals surface area contributed by atoms with Crippen LogP contribution in [-0.4, -0.2) is 24.2 Å². The summed E-state index contributed by atoms with van der Waals surface area (Å²) in [5.41, 5.74) is 0.833. The second kappa shape index (κ2) is 7.42. The largest absolute Gasteiger partial charge is 0.457 e. The van der Waals surface area contributed by atoms with Crippen molar-refractivity contribution in [3.05, 3.63) is 78.1 Å². The number of hydrogen-bond donors (Lipinski definition) is 0. The molecule has 0 saturated heterocycles. The molecule has 0 spiro atoms. The topological polar surface area (TPSA) is 61.2 Å². The predicted octanol–water partition coefficient (Wildman–Crippen LogP) is 5.55. The first-order chi connectivity index (χ1) is 14.5. The Bertz CT molecular complexity index is 1390. The third-order valence-electron chi connectivity index (χ3n) is 4.78. The lowest BCUT2D eigenvalue weighted by molar-refractivity contribution is -0.136. The van der Waals surface area contributed by atoms with Crippen LogP contribution < -0.4 is 4.74 Å². The number of aryl methyl sites for hydroxylation is 1. The van der Waals surface area contributed by atoms with E-state index in [4.69, 9.17) is 4.74 Å². The van der Waals surface area contributed by atoms with Crippen LogP contribution in [0.15, 0.2) is 71.9 Å². The Balaban J connectivity index is 1.69. The quantitative estimate of drug-likeness (QED) is 0.413. The third kappa shape index (κ3) is 4.13. The number of para-hydroxylation sites is 1. The average Bonchev–Trinajstić information content (AvgIpc) is 3.11. The summed E-state index contributed by atoms with van der Waals surface area (Å²) in [5, 5.41) is 0. The lowest BCUT2D eigenvalue weighted by atomic mass is 10.1. The standard InChI is InChI=1S/C22H17F3N2O3S/c1-14-11-16(30-15-5-3-6-17(12-15)31(2,28)29)9-10-19(14)27-13-26-21-18(22(23,24)25)7-4-8-20(21)27/h3-13H,1-2H3. The highest BCUT2D eigenvalue weighted by Crippen LogP contribution is 2.35. The number of benzene rings is 3. The van der Waals surface area contributed by atoms with Gasteiger partial charge in [0, 0.05) is 6.26 Å². The van der Waals surface area contributed by atoms with Crippen LogP contribution in [0, 0.1) is 6.92 Å². The van der Waals surface area contributed by atoms with Gasteiger partial charge in [-0.25, -0.2) is 13.4 Å². The summed E-state index contributed by atoms with van der Waals surface area (Å²) in [5.74, 6) is 0.824. The summed E-state index contributed by atoms with van der Waals surface area (Å²) < 4.78 is 70.6. The fourth-order valence-corrected chi connectivity index (χ4v) is 3.98. The van der Waals surface area contributed by atoms with Gasteiger partial charge in [0.15, 0.2) is 9.84 Å². The molecule has 3 aromatic carbocycles. The van der Waals surface area contributed by atoms with E-state index in [9.17, 15) is 21.6 Å². The van der Waals surface area contributed by atoms with Crippen LogP contribution in [0.25, 0.3) is 16.7 Å². The van der Waals surface area contributed by atoms with E-state index >= 15 is 0 Å². The minimum atomic E-state index is -4.49. The molecule has 0 bridgehead atoms. The summed E-state index contributed by atoms with van der Waals surface area (Å²) in [6.45, 7) is 1.80. The lowest BCUT2D eigenvalue weighted by Gasteiger charge is -2.12. The van der Waals surface area contributed by atoms with Gasteiger partial charge in [0.1, 0.15) is 23.3 Å². The van der Waals surface area contributed by atoms with Gasteiger partial charge in [0.2, 0.25) is 0 Å². The van der Waals surface area contributed by atoms with E-state index in [1.165, 1.54) is 24.5 Å². The highest BCUT2D eigenvalue weighted by Gasteiger charge is 2.33. The van der Waals surface area contributed by atoms with E-state index in [2.05, 4.69) is 4.98 Å². The maximum Gasteiger partial charge on any atom is 0.418 e. The highest BCUT2D eigenvalue weighted by atomic mass is 32.2. The molecule has 0 N–H and O–H groups in total. The molecular formula is C22H17F3N2O3S. The van der Waals surface area contributed by atoms with E-state index in [0.717, 1.165) is 17.9 Å². The maximum atomic E-state index is 13.3. The number of halogens is 3. The first-order valence-corrected chi connectivity index (χ1v) is 11.1. The second-order valence-corrected chi connectivity index (χ2v) is 9.10. The molecule has 0 aliphatic heterocycles. The number of hydrogen-bond acceptors (Lipinski definition) is 4. The van der Waals surface area contributed by atoms with Crippen molar-refractivity contribution in [3.63, 3.8) is 0 Å². The number of rotatable bonds is 4. The molecule has 9 heteroatoms. The molecule has 1 aromatic heterocycles. The van der Waals surface area contributed by atoms with Crippen LogP contribution in [0.4, 0.5) is 13.2 Å². The monoisotopic (exact) mass is 446 g/mol. The third-order valence-corrected chi connectivity index (χ3v) is 5.89. The lowest BCUT2D eigenvalue weighted by Crippen LogP contribution is -2.05. The Morgan fingerprint density at radius 2 is 1.68 bits per heavy atom. The Morgan fingerprint density at radius 3 is 2.35 bits per heavy atom. The second-order valence-electron chi connectivity index (χ2n) is 7.08. The van der Waals surface area contributed by atoms with E-state index in [0.29, 0.717) is 22.7 Å². The zero-order chi connectivity index (χ0) is 22.4. The molecule has 4 aromatic rings. The number of sulfone groups is 1. The molecule has 5 nitrogen and oxygen atoms in total. The van der Waals surface area contributed by atoms with Gasteiger partial charge in [-0.2, -0.15) is 13.2 Å². The van der Waals surface area contributed by atoms with Gasteiger partial charge in [-0.1, -0.05) is 12.1 Å². The molecule has 0 fully saturated rings. The average molecular weight is 446 g/mol. The smallest absolute Gasteiger partial charge is 0.418 e. The van der Waals surface area contributed by atoms with Crippen LogP contribution in [0.3, 0.4) is 0 Å².